The average Bonchev–Trinajstić information content (AvgIpc) is 3.61. The Labute approximate surface area is 167 Å². The highest BCUT2D eigenvalue weighted by Gasteiger charge is 2.33. The number of carbonyl (C=O) groups is 2. The number of hydrogen-bond acceptors (Lipinski definition) is 3. The molecule has 4 rings (SSSR count). The summed E-state index contributed by atoms with van der Waals surface area (Å²) in [5, 5.41) is 2.99. The van der Waals surface area contributed by atoms with E-state index in [1.165, 1.54) is 0 Å². The molecule has 0 heterocycles. The first-order valence-electron chi connectivity index (χ1n) is 9.65. The van der Waals surface area contributed by atoms with Crippen LogP contribution in [0, 0.1) is 0 Å². The fourth-order valence-corrected chi connectivity index (χ4v) is 3.68. The zero-order valence-electron chi connectivity index (χ0n) is 15.9. The molecule has 146 valence electrons. The van der Waals surface area contributed by atoms with Gasteiger partial charge < -0.3 is 10.2 Å². The van der Waals surface area contributed by atoms with E-state index in [4.69, 9.17) is 0 Å². The Hall–Kier alpha value is -2.47. The third kappa shape index (κ3) is 4.50. The van der Waals surface area contributed by atoms with E-state index in [9.17, 15) is 13.8 Å². The van der Waals surface area contributed by atoms with Crippen LogP contribution in [0.3, 0.4) is 0 Å². The summed E-state index contributed by atoms with van der Waals surface area (Å²) < 4.78 is 11.5. The smallest absolute Gasteiger partial charge is 0.254 e. The van der Waals surface area contributed by atoms with Gasteiger partial charge in [-0.15, -0.1) is 0 Å². The fraction of sp³-hybridized carbons (Fsp3) is 0.364. The van der Waals surface area contributed by atoms with Gasteiger partial charge in [0.15, 0.2) is 0 Å². The van der Waals surface area contributed by atoms with Gasteiger partial charge in [-0.05, 0) is 67.6 Å². The lowest BCUT2D eigenvalue weighted by Gasteiger charge is -2.23. The predicted octanol–water partition coefficient (Wildman–Crippen LogP) is 3.12. The van der Waals surface area contributed by atoms with Crippen LogP contribution in [0.5, 0.6) is 0 Å². The van der Waals surface area contributed by atoms with E-state index >= 15 is 0 Å². The second kappa shape index (κ2) is 7.87. The van der Waals surface area contributed by atoms with Crippen LogP contribution in [-0.2, 0) is 17.3 Å². The molecule has 6 heteroatoms. The Morgan fingerprint density at radius 2 is 1.57 bits per heavy atom. The number of hydrogen-bond donors (Lipinski definition) is 1. The Morgan fingerprint density at radius 3 is 2.11 bits per heavy atom. The van der Waals surface area contributed by atoms with Gasteiger partial charge in [-0.25, -0.2) is 0 Å². The lowest BCUT2D eigenvalue weighted by Crippen LogP contribution is -2.32. The summed E-state index contributed by atoms with van der Waals surface area (Å²) in [5.41, 5.74) is 2.28. The molecule has 1 N–H and O–H groups in total. The first-order valence-corrected chi connectivity index (χ1v) is 11.2. The van der Waals surface area contributed by atoms with Gasteiger partial charge in [0.1, 0.15) is 0 Å². The number of amides is 2. The van der Waals surface area contributed by atoms with Gasteiger partial charge >= 0.3 is 0 Å². The van der Waals surface area contributed by atoms with E-state index in [0.717, 1.165) is 36.1 Å². The molecule has 0 aromatic heterocycles. The quantitative estimate of drug-likeness (QED) is 0.782. The van der Waals surface area contributed by atoms with Gasteiger partial charge in [0.05, 0.1) is 0 Å². The minimum atomic E-state index is -1.05. The summed E-state index contributed by atoms with van der Waals surface area (Å²) in [6.45, 7) is 0.523. The number of nitrogens with zero attached hydrogens (tertiary/aromatic N) is 1. The highest BCUT2D eigenvalue weighted by atomic mass is 32.2. The molecule has 2 aliphatic rings. The van der Waals surface area contributed by atoms with Crippen LogP contribution in [-0.4, -0.2) is 39.3 Å². The molecular weight excluding hydrogens is 372 g/mol. The summed E-state index contributed by atoms with van der Waals surface area (Å²) in [5.74, 6) is -0.0379. The maximum atomic E-state index is 13.0. The van der Waals surface area contributed by atoms with Gasteiger partial charge in [-0.2, -0.15) is 0 Å². The summed E-state index contributed by atoms with van der Waals surface area (Å²) in [7, 11) is -1.05. The van der Waals surface area contributed by atoms with Crippen LogP contribution in [0.25, 0.3) is 0 Å². The highest BCUT2D eigenvalue weighted by Crippen LogP contribution is 2.30. The molecule has 2 aliphatic carbocycles. The van der Waals surface area contributed by atoms with Crippen LogP contribution in [0.1, 0.15) is 52.0 Å². The Morgan fingerprint density at radius 1 is 0.964 bits per heavy atom. The van der Waals surface area contributed by atoms with E-state index in [0.29, 0.717) is 23.7 Å². The first kappa shape index (κ1) is 18.9. The number of rotatable bonds is 7. The van der Waals surface area contributed by atoms with Crippen molar-refractivity contribution < 1.29 is 13.8 Å². The second-order valence-electron chi connectivity index (χ2n) is 7.59. The molecule has 2 amide bonds. The molecule has 0 radical (unpaired) electrons. The van der Waals surface area contributed by atoms with Crippen molar-refractivity contribution in [3.8, 4) is 0 Å². The fourth-order valence-electron chi connectivity index (χ4n) is 3.16. The van der Waals surface area contributed by atoms with Crippen LogP contribution in [0.15, 0.2) is 53.4 Å². The Bertz CT molecular complexity index is 900. The molecule has 5 nitrogen and oxygen atoms in total. The highest BCUT2D eigenvalue weighted by molar-refractivity contribution is 7.84. The van der Waals surface area contributed by atoms with Crippen molar-refractivity contribution in [3.05, 3.63) is 65.2 Å². The average molecular weight is 397 g/mol. The van der Waals surface area contributed by atoms with Gasteiger partial charge in [0.2, 0.25) is 0 Å². The zero-order chi connectivity index (χ0) is 19.7. The maximum absolute atomic E-state index is 13.0. The zero-order valence-corrected chi connectivity index (χ0v) is 16.7. The molecule has 0 aliphatic heterocycles. The summed E-state index contributed by atoms with van der Waals surface area (Å²) in [4.78, 5) is 27.7. The molecule has 1 atom stereocenters. The minimum Gasteiger partial charge on any atom is -0.349 e. The second-order valence-corrected chi connectivity index (χ2v) is 8.97. The van der Waals surface area contributed by atoms with Gasteiger partial charge in [-0.3, -0.25) is 13.8 Å². The summed E-state index contributed by atoms with van der Waals surface area (Å²) >= 11 is 0. The Kier molecular flexibility index (Phi) is 5.31. The molecule has 2 saturated carbocycles. The van der Waals surface area contributed by atoms with E-state index in [1.54, 1.807) is 30.5 Å². The normalized spacial score (nSPS) is 17.0. The van der Waals surface area contributed by atoms with Crippen LogP contribution in [0.4, 0.5) is 0 Å². The minimum absolute atomic E-state index is 0.00788. The largest absolute Gasteiger partial charge is 0.349 e. The van der Waals surface area contributed by atoms with Gasteiger partial charge in [-0.1, -0.05) is 12.1 Å². The third-order valence-electron chi connectivity index (χ3n) is 5.16. The van der Waals surface area contributed by atoms with E-state index in [-0.39, 0.29) is 17.9 Å². The molecule has 2 fully saturated rings. The van der Waals surface area contributed by atoms with Crippen molar-refractivity contribution in [3.63, 3.8) is 0 Å². The van der Waals surface area contributed by atoms with Crippen molar-refractivity contribution in [2.75, 3.05) is 6.26 Å². The van der Waals surface area contributed by atoms with Crippen molar-refractivity contribution in [1.29, 1.82) is 0 Å². The lowest BCUT2D eigenvalue weighted by atomic mass is 10.1. The molecule has 28 heavy (non-hydrogen) atoms. The molecule has 0 saturated heterocycles. The van der Waals surface area contributed by atoms with Crippen molar-refractivity contribution >= 4 is 22.6 Å². The summed E-state index contributed by atoms with van der Waals surface area (Å²) in [6.07, 6.45) is 5.80. The van der Waals surface area contributed by atoms with Crippen LogP contribution in [0.2, 0.25) is 0 Å². The molecule has 0 bridgehead atoms. The van der Waals surface area contributed by atoms with Crippen LogP contribution < -0.4 is 5.32 Å². The molecule has 2 aromatic carbocycles. The van der Waals surface area contributed by atoms with Crippen LogP contribution >= 0.6 is 0 Å². The van der Waals surface area contributed by atoms with Crippen molar-refractivity contribution in [2.45, 2.75) is 49.2 Å². The van der Waals surface area contributed by atoms with E-state index in [2.05, 4.69) is 5.32 Å². The monoisotopic (exact) mass is 396 g/mol. The molecule has 0 spiro atoms. The van der Waals surface area contributed by atoms with Crippen molar-refractivity contribution in [1.82, 2.24) is 10.2 Å². The Balaban J connectivity index is 1.45. The predicted molar refractivity (Wildman–Crippen MR) is 109 cm³/mol. The first-order chi connectivity index (χ1) is 13.5. The van der Waals surface area contributed by atoms with Crippen molar-refractivity contribution in [2.24, 2.45) is 0 Å². The molecule has 2 aromatic rings. The molecular formula is C22H24N2O3S. The number of carbonyl (C=O) groups excluding carboxylic acids is 2. The number of nitrogens with one attached hydrogen (secondary N) is 1. The maximum Gasteiger partial charge on any atom is 0.254 e. The third-order valence-corrected chi connectivity index (χ3v) is 6.10. The van der Waals surface area contributed by atoms with E-state index < -0.39 is 10.8 Å². The van der Waals surface area contributed by atoms with E-state index in [1.807, 2.05) is 29.2 Å². The van der Waals surface area contributed by atoms with Gasteiger partial charge in [0, 0.05) is 51.7 Å². The standard InChI is InChI=1S/C22H24N2O3S/c1-28(27)20-12-6-17(7-13-20)22(26)24(19-10-11-19)14-15-2-4-16(5-3-15)21(25)23-18-8-9-18/h2-7,12-13,18-19H,8-11,14H2,1H3,(H,23,25). The topological polar surface area (TPSA) is 66.5 Å². The number of benzene rings is 2. The SMILES string of the molecule is CS(=O)c1ccc(C(=O)N(Cc2ccc(C(=O)NC3CC3)cc2)C2CC2)cc1. The van der Waals surface area contributed by atoms with Gasteiger partial charge in [0.25, 0.3) is 11.8 Å². The lowest BCUT2D eigenvalue weighted by molar-refractivity contribution is 0.0729. The summed E-state index contributed by atoms with van der Waals surface area (Å²) in [6, 6.07) is 15.1. The molecule has 1 unspecified atom stereocenters.